The SMILES string of the molecule is CON=C(C(=O)OC)c1ccccc1C(S)c1nnc(COc2ccccc2)o1. The Morgan fingerprint density at radius 1 is 1.10 bits per heavy atom. The zero-order valence-corrected chi connectivity index (χ0v) is 16.7. The predicted molar refractivity (Wildman–Crippen MR) is 108 cm³/mol. The first-order valence-corrected chi connectivity index (χ1v) is 9.12. The highest BCUT2D eigenvalue weighted by atomic mass is 32.1. The molecular formula is C20H19N3O5S. The summed E-state index contributed by atoms with van der Waals surface area (Å²) >= 11 is 4.61. The lowest BCUT2D eigenvalue weighted by atomic mass is 10.00. The molecule has 1 aromatic heterocycles. The normalized spacial score (nSPS) is 12.3. The molecule has 0 saturated heterocycles. The molecule has 29 heavy (non-hydrogen) atoms. The number of aromatic nitrogens is 2. The lowest BCUT2D eigenvalue weighted by Crippen LogP contribution is -2.20. The Morgan fingerprint density at radius 2 is 1.83 bits per heavy atom. The smallest absolute Gasteiger partial charge is 0.360 e. The average molecular weight is 413 g/mol. The molecule has 0 amide bonds. The van der Waals surface area contributed by atoms with Crippen LogP contribution in [0.15, 0.2) is 64.2 Å². The maximum Gasteiger partial charge on any atom is 0.360 e. The first-order valence-electron chi connectivity index (χ1n) is 8.61. The quantitative estimate of drug-likeness (QED) is 0.262. The van der Waals surface area contributed by atoms with Gasteiger partial charge in [-0.3, -0.25) is 0 Å². The van der Waals surface area contributed by atoms with Crippen molar-refractivity contribution < 1.29 is 23.5 Å². The molecule has 0 aliphatic carbocycles. The standard InChI is InChI=1S/C20H19N3O5S/c1-25-20(24)17(23-26-2)14-10-6-7-11-15(14)18(29)19-22-21-16(28-19)12-27-13-8-4-3-5-9-13/h3-11,18,29H,12H2,1-2H3. The van der Waals surface area contributed by atoms with Crippen molar-refractivity contribution in [1.29, 1.82) is 0 Å². The fraction of sp³-hybridized carbons (Fsp3) is 0.200. The van der Waals surface area contributed by atoms with Gasteiger partial charge in [-0.1, -0.05) is 47.6 Å². The van der Waals surface area contributed by atoms with Crippen LogP contribution in [0.25, 0.3) is 0 Å². The van der Waals surface area contributed by atoms with E-state index in [1.165, 1.54) is 14.2 Å². The van der Waals surface area contributed by atoms with Gasteiger partial charge in [0, 0.05) is 5.56 Å². The highest BCUT2D eigenvalue weighted by Gasteiger charge is 2.25. The minimum Gasteiger partial charge on any atom is -0.484 e. The molecule has 1 unspecified atom stereocenters. The van der Waals surface area contributed by atoms with E-state index in [-0.39, 0.29) is 18.2 Å². The van der Waals surface area contributed by atoms with E-state index in [0.29, 0.717) is 22.8 Å². The molecule has 0 aliphatic rings. The van der Waals surface area contributed by atoms with Crippen molar-refractivity contribution in [2.45, 2.75) is 11.9 Å². The molecule has 0 aliphatic heterocycles. The van der Waals surface area contributed by atoms with E-state index in [0.717, 1.165) is 0 Å². The molecular weight excluding hydrogens is 394 g/mol. The number of hydrogen-bond donors (Lipinski definition) is 1. The first-order chi connectivity index (χ1) is 14.1. The minimum atomic E-state index is -0.637. The van der Waals surface area contributed by atoms with E-state index in [9.17, 15) is 4.79 Å². The molecule has 150 valence electrons. The number of ether oxygens (including phenoxy) is 2. The maximum atomic E-state index is 12.1. The van der Waals surface area contributed by atoms with Crippen LogP contribution in [0.3, 0.4) is 0 Å². The second-order valence-corrected chi connectivity index (χ2v) is 6.26. The number of nitrogens with zero attached hydrogens (tertiary/aromatic N) is 3. The molecule has 0 bridgehead atoms. The first kappa shape index (κ1) is 20.4. The second-order valence-electron chi connectivity index (χ2n) is 5.74. The molecule has 0 fully saturated rings. The van der Waals surface area contributed by atoms with E-state index in [1.807, 2.05) is 30.3 Å². The van der Waals surface area contributed by atoms with Crippen molar-refractivity contribution in [2.24, 2.45) is 5.16 Å². The third kappa shape index (κ3) is 4.94. The van der Waals surface area contributed by atoms with E-state index in [4.69, 9.17) is 18.7 Å². The lowest BCUT2D eigenvalue weighted by Gasteiger charge is -2.13. The summed E-state index contributed by atoms with van der Waals surface area (Å²) in [6.07, 6.45) is 0. The van der Waals surface area contributed by atoms with Crippen LogP contribution in [-0.2, 0) is 21.0 Å². The fourth-order valence-electron chi connectivity index (χ4n) is 2.57. The van der Waals surface area contributed by atoms with Crippen LogP contribution in [0.4, 0.5) is 0 Å². The topological polar surface area (TPSA) is 96.0 Å². The molecule has 0 saturated carbocycles. The monoisotopic (exact) mass is 413 g/mol. The Balaban J connectivity index is 1.82. The van der Waals surface area contributed by atoms with Crippen molar-refractivity contribution in [3.63, 3.8) is 0 Å². The molecule has 3 aromatic rings. The number of esters is 1. The van der Waals surface area contributed by atoms with Crippen molar-refractivity contribution >= 4 is 24.3 Å². The van der Waals surface area contributed by atoms with Gasteiger partial charge in [0.15, 0.2) is 12.3 Å². The Morgan fingerprint density at radius 3 is 2.55 bits per heavy atom. The third-order valence-corrected chi connectivity index (χ3v) is 4.39. The molecule has 3 rings (SSSR count). The van der Waals surface area contributed by atoms with Crippen LogP contribution in [0.5, 0.6) is 5.75 Å². The fourth-order valence-corrected chi connectivity index (χ4v) is 2.90. The summed E-state index contributed by atoms with van der Waals surface area (Å²) in [6, 6.07) is 16.4. The van der Waals surface area contributed by atoms with Gasteiger partial charge in [-0.05, 0) is 17.7 Å². The molecule has 1 heterocycles. The summed E-state index contributed by atoms with van der Waals surface area (Å²) in [4.78, 5) is 16.9. The van der Waals surface area contributed by atoms with Gasteiger partial charge in [-0.15, -0.1) is 10.2 Å². The lowest BCUT2D eigenvalue weighted by molar-refractivity contribution is -0.132. The van der Waals surface area contributed by atoms with Crippen LogP contribution >= 0.6 is 12.6 Å². The van der Waals surface area contributed by atoms with Crippen LogP contribution in [0.1, 0.15) is 28.2 Å². The van der Waals surface area contributed by atoms with Gasteiger partial charge in [0.05, 0.1) is 7.11 Å². The van der Waals surface area contributed by atoms with Crippen LogP contribution in [0, 0.1) is 0 Å². The summed E-state index contributed by atoms with van der Waals surface area (Å²) in [5, 5.41) is 11.2. The largest absolute Gasteiger partial charge is 0.484 e. The van der Waals surface area contributed by atoms with Gasteiger partial charge in [-0.2, -0.15) is 12.6 Å². The molecule has 8 nitrogen and oxygen atoms in total. The summed E-state index contributed by atoms with van der Waals surface area (Å²) in [7, 11) is 2.62. The summed E-state index contributed by atoms with van der Waals surface area (Å²) in [5.41, 5.74) is 1.13. The number of thiol groups is 1. The Kier molecular flexibility index (Phi) is 6.85. The van der Waals surface area contributed by atoms with Crippen LogP contribution < -0.4 is 4.74 Å². The van der Waals surface area contributed by atoms with Crippen molar-refractivity contribution in [3.05, 3.63) is 77.5 Å². The van der Waals surface area contributed by atoms with Crippen LogP contribution in [-0.4, -0.2) is 36.1 Å². The van der Waals surface area contributed by atoms with Gasteiger partial charge >= 0.3 is 5.97 Å². The third-order valence-electron chi connectivity index (χ3n) is 3.89. The number of hydrogen-bond acceptors (Lipinski definition) is 9. The molecule has 9 heteroatoms. The number of carbonyl (C=O) groups excluding carboxylic acids is 1. The molecule has 1 atom stereocenters. The number of oxime groups is 1. The van der Waals surface area contributed by atoms with Crippen LogP contribution in [0.2, 0.25) is 0 Å². The second kappa shape index (κ2) is 9.74. The zero-order chi connectivity index (χ0) is 20.6. The number of benzene rings is 2. The summed E-state index contributed by atoms with van der Waals surface area (Å²) in [5.74, 6) is 0.619. The van der Waals surface area contributed by atoms with Gasteiger partial charge in [0.2, 0.25) is 5.89 Å². The highest BCUT2D eigenvalue weighted by Crippen LogP contribution is 2.30. The molecule has 0 spiro atoms. The number of carbonyl (C=O) groups is 1. The number of methoxy groups -OCH3 is 1. The van der Waals surface area contributed by atoms with Gasteiger partial charge in [0.25, 0.3) is 5.89 Å². The number of rotatable bonds is 8. The minimum absolute atomic E-state index is 0.0109. The van der Waals surface area contributed by atoms with Gasteiger partial charge in [0.1, 0.15) is 18.1 Å². The average Bonchev–Trinajstić information content (AvgIpc) is 3.25. The van der Waals surface area contributed by atoms with Crippen molar-refractivity contribution in [2.75, 3.05) is 14.2 Å². The summed E-state index contributed by atoms with van der Waals surface area (Å²) in [6.45, 7) is 0.123. The Hall–Kier alpha value is -3.33. The summed E-state index contributed by atoms with van der Waals surface area (Å²) < 4.78 is 16.1. The van der Waals surface area contributed by atoms with E-state index in [2.05, 4.69) is 28.0 Å². The van der Waals surface area contributed by atoms with Crippen molar-refractivity contribution in [1.82, 2.24) is 10.2 Å². The molecule has 0 N–H and O–H groups in total. The van der Waals surface area contributed by atoms with E-state index in [1.54, 1.807) is 24.3 Å². The highest BCUT2D eigenvalue weighted by molar-refractivity contribution is 7.80. The Labute approximate surface area is 172 Å². The van der Waals surface area contributed by atoms with Gasteiger partial charge in [-0.25, -0.2) is 4.79 Å². The molecule has 2 aromatic carbocycles. The van der Waals surface area contributed by atoms with E-state index < -0.39 is 11.2 Å². The molecule has 0 radical (unpaired) electrons. The van der Waals surface area contributed by atoms with Crippen molar-refractivity contribution in [3.8, 4) is 5.75 Å². The van der Waals surface area contributed by atoms with Gasteiger partial charge < -0.3 is 18.7 Å². The Bertz CT molecular complexity index is 991. The van der Waals surface area contributed by atoms with E-state index >= 15 is 0 Å². The maximum absolute atomic E-state index is 12.1. The predicted octanol–water partition coefficient (Wildman–Crippen LogP) is 3.19. The zero-order valence-electron chi connectivity index (χ0n) is 15.8. The number of para-hydroxylation sites is 1.